The number of nitrogens with one attached hydrogen (secondary N) is 1. The zero-order valence-corrected chi connectivity index (χ0v) is 15.4. The number of carbonyl (C=O) groups excluding carboxylic acids is 1. The summed E-state index contributed by atoms with van der Waals surface area (Å²) in [6.45, 7) is 6.40. The number of rotatable bonds is 4. The van der Waals surface area contributed by atoms with Crippen LogP contribution in [0.1, 0.15) is 6.92 Å². The van der Waals surface area contributed by atoms with Gasteiger partial charge in [-0.2, -0.15) is 0 Å². The van der Waals surface area contributed by atoms with Crippen LogP contribution in [-0.2, 0) is 4.79 Å². The van der Waals surface area contributed by atoms with E-state index in [1.807, 2.05) is 31.2 Å². The second-order valence-electron chi connectivity index (χ2n) is 5.88. The van der Waals surface area contributed by atoms with Crippen LogP contribution in [0, 0.1) is 0 Å². The van der Waals surface area contributed by atoms with Crippen LogP contribution in [0.2, 0.25) is 5.02 Å². The molecule has 6 nitrogen and oxygen atoms in total. The number of carbonyl (C=O) groups is 1. The summed E-state index contributed by atoms with van der Waals surface area (Å²) in [7, 11) is 3.49. The van der Waals surface area contributed by atoms with Gasteiger partial charge in [0.25, 0.3) is 0 Å². The second kappa shape index (κ2) is 8.78. The lowest BCUT2D eigenvalue weighted by Crippen LogP contribution is -2.52. The van der Waals surface area contributed by atoms with Gasteiger partial charge < -0.3 is 20.0 Å². The standard InChI is InChI=1S/C17H26ClN5O/c1-4-19-17(20-13-16(24)21(2)3)23-11-9-22(10-12-23)15-8-6-5-7-14(15)18/h5-8H,4,9-13H2,1-3H3,(H,19,20). The molecule has 0 aliphatic carbocycles. The van der Waals surface area contributed by atoms with Gasteiger partial charge >= 0.3 is 0 Å². The Bertz CT molecular complexity index is 582. The number of piperazine rings is 1. The molecular weight excluding hydrogens is 326 g/mol. The summed E-state index contributed by atoms with van der Waals surface area (Å²) >= 11 is 6.29. The fraction of sp³-hybridized carbons (Fsp3) is 0.529. The van der Waals surface area contributed by atoms with Gasteiger partial charge in [-0.3, -0.25) is 4.79 Å². The van der Waals surface area contributed by atoms with Gasteiger partial charge in [0.2, 0.25) is 5.91 Å². The van der Waals surface area contributed by atoms with Gasteiger partial charge in [0.15, 0.2) is 5.96 Å². The third kappa shape index (κ3) is 4.77. The number of halogens is 1. The minimum Gasteiger partial charge on any atom is -0.367 e. The van der Waals surface area contributed by atoms with E-state index >= 15 is 0 Å². The van der Waals surface area contributed by atoms with Crippen molar-refractivity contribution in [2.24, 2.45) is 4.99 Å². The van der Waals surface area contributed by atoms with E-state index in [2.05, 4.69) is 20.1 Å². The van der Waals surface area contributed by atoms with Crippen LogP contribution >= 0.6 is 11.6 Å². The molecule has 132 valence electrons. The van der Waals surface area contributed by atoms with Crippen molar-refractivity contribution in [1.29, 1.82) is 0 Å². The van der Waals surface area contributed by atoms with E-state index in [-0.39, 0.29) is 12.5 Å². The lowest BCUT2D eigenvalue weighted by molar-refractivity contribution is -0.127. The molecule has 1 aromatic carbocycles. The number of likely N-dealkylation sites (N-methyl/N-ethyl adjacent to an activating group) is 1. The van der Waals surface area contributed by atoms with Gasteiger partial charge in [0.1, 0.15) is 6.54 Å². The molecule has 1 N–H and O–H groups in total. The highest BCUT2D eigenvalue weighted by Gasteiger charge is 2.21. The van der Waals surface area contributed by atoms with E-state index in [0.717, 1.165) is 49.4 Å². The third-order valence-corrected chi connectivity index (χ3v) is 4.29. The Labute approximate surface area is 149 Å². The number of nitrogens with zero attached hydrogens (tertiary/aromatic N) is 4. The molecule has 1 aliphatic rings. The minimum atomic E-state index is 0.0000985. The summed E-state index contributed by atoms with van der Waals surface area (Å²) in [5, 5.41) is 4.05. The number of amides is 1. The number of hydrogen-bond acceptors (Lipinski definition) is 3. The summed E-state index contributed by atoms with van der Waals surface area (Å²) in [6.07, 6.45) is 0. The van der Waals surface area contributed by atoms with Crippen molar-refractivity contribution in [3.63, 3.8) is 0 Å². The quantitative estimate of drug-likeness (QED) is 0.660. The number of guanidine groups is 1. The number of benzene rings is 1. The molecule has 1 fully saturated rings. The van der Waals surface area contributed by atoms with E-state index in [9.17, 15) is 4.79 Å². The molecule has 1 heterocycles. The number of para-hydroxylation sites is 1. The van der Waals surface area contributed by atoms with Crippen molar-refractivity contribution >= 4 is 29.2 Å². The molecule has 0 unspecified atom stereocenters. The Morgan fingerprint density at radius 2 is 1.92 bits per heavy atom. The average Bonchev–Trinajstić information content (AvgIpc) is 2.59. The van der Waals surface area contributed by atoms with E-state index in [4.69, 9.17) is 11.6 Å². The zero-order valence-electron chi connectivity index (χ0n) is 14.6. The molecule has 1 saturated heterocycles. The lowest BCUT2D eigenvalue weighted by atomic mass is 10.2. The molecule has 0 atom stereocenters. The Morgan fingerprint density at radius 3 is 2.50 bits per heavy atom. The Balaban J connectivity index is 1.98. The van der Waals surface area contributed by atoms with Crippen LogP contribution in [0.4, 0.5) is 5.69 Å². The SMILES string of the molecule is CCNC(=NCC(=O)N(C)C)N1CCN(c2ccccc2Cl)CC1. The van der Waals surface area contributed by atoms with E-state index in [1.54, 1.807) is 19.0 Å². The molecule has 1 amide bonds. The van der Waals surface area contributed by atoms with Crippen molar-refractivity contribution in [3.8, 4) is 0 Å². The first-order valence-corrected chi connectivity index (χ1v) is 8.63. The van der Waals surface area contributed by atoms with Crippen molar-refractivity contribution in [3.05, 3.63) is 29.3 Å². The molecule has 0 saturated carbocycles. The first-order valence-electron chi connectivity index (χ1n) is 8.25. The van der Waals surface area contributed by atoms with Gasteiger partial charge in [-0.05, 0) is 19.1 Å². The van der Waals surface area contributed by atoms with Gasteiger partial charge in [-0.1, -0.05) is 23.7 Å². The van der Waals surface area contributed by atoms with Gasteiger partial charge in [-0.15, -0.1) is 0 Å². The summed E-state index contributed by atoms with van der Waals surface area (Å²) in [4.78, 5) is 22.3. The van der Waals surface area contributed by atoms with E-state index in [0.29, 0.717) is 0 Å². The summed E-state index contributed by atoms with van der Waals surface area (Å²) in [5.41, 5.74) is 1.07. The van der Waals surface area contributed by atoms with Gasteiger partial charge in [-0.25, -0.2) is 4.99 Å². The smallest absolute Gasteiger partial charge is 0.243 e. The van der Waals surface area contributed by atoms with Crippen molar-refractivity contribution in [2.45, 2.75) is 6.92 Å². The number of anilines is 1. The first kappa shape index (κ1) is 18.4. The predicted octanol–water partition coefficient (Wildman–Crippen LogP) is 1.52. The highest BCUT2D eigenvalue weighted by Crippen LogP contribution is 2.25. The van der Waals surface area contributed by atoms with Crippen LogP contribution in [0.5, 0.6) is 0 Å². The molecule has 0 bridgehead atoms. The minimum absolute atomic E-state index is 0.0000985. The van der Waals surface area contributed by atoms with Crippen molar-refractivity contribution in [1.82, 2.24) is 15.1 Å². The van der Waals surface area contributed by atoms with E-state index < -0.39 is 0 Å². The highest BCUT2D eigenvalue weighted by atomic mass is 35.5. The maximum Gasteiger partial charge on any atom is 0.243 e. The van der Waals surface area contributed by atoms with Crippen LogP contribution in [0.3, 0.4) is 0 Å². The van der Waals surface area contributed by atoms with Crippen molar-refractivity contribution < 1.29 is 4.79 Å². The molecule has 7 heteroatoms. The molecule has 0 spiro atoms. The Hall–Kier alpha value is -1.95. The van der Waals surface area contributed by atoms with E-state index in [1.165, 1.54) is 0 Å². The Kier molecular flexibility index (Phi) is 6.73. The summed E-state index contributed by atoms with van der Waals surface area (Å²) < 4.78 is 0. The first-order chi connectivity index (χ1) is 11.5. The molecule has 0 radical (unpaired) electrons. The third-order valence-electron chi connectivity index (χ3n) is 3.97. The van der Waals surface area contributed by atoms with Gasteiger partial charge in [0.05, 0.1) is 10.7 Å². The van der Waals surface area contributed by atoms with Crippen LogP contribution < -0.4 is 10.2 Å². The predicted molar refractivity (Wildman–Crippen MR) is 99.9 cm³/mol. The Morgan fingerprint density at radius 1 is 1.25 bits per heavy atom. The molecular formula is C17H26ClN5O. The largest absolute Gasteiger partial charge is 0.367 e. The molecule has 1 aliphatic heterocycles. The normalized spacial score (nSPS) is 15.4. The fourth-order valence-corrected chi connectivity index (χ4v) is 2.83. The monoisotopic (exact) mass is 351 g/mol. The van der Waals surface area contributed by atoms with Crippen LogP contribution in [-0.4, -0.2) is 75.0 Å². The second-order valence-corrected chi connectivity index (χ2v) is 6.29. The summed E-state index contributed by atoms with van der Waals surface area (Å²) in [6, 6.07) is 7.92. The summed E-state index contributed by atoms with van der Waals surface area (Å²) in [5.74, 6) is 0.798. The van der Waals surface area contributed by atoms with Crippen LogP contribution in [0.25, 0.3) is 0 Å². The average molecular weight is 352 g/mol. The molecule has 1 aromatic rings. The van der Waals surface area contributed by atoms with Crippen LogP contribution in [0.15, 0.2) is 29.3 Å². The molecule has 0 aromatic heterocycles. The number of aliphatic imine (C=N–C) groups is 1. The highest BCUT2D eigenvalue weighted by molar-refractivity contribution is 6.33. The number of hydrogen-bond donors (Lipinski definition) is 1. The molecule has 24 heavy (non-hydrogen) atoms. The zero-order chi connectivity index (χ0) is 17.5. The topological polar surface area (TPSA) is 51.2 Å². The maximum absolute atomic E-state index is 11.8. The molecule has 2 rings (SSSR count). The lowest BCUT2D eigenvalue weighted by Gasteiger charge is -2.38. The van der Waals surface area contributed by atoms with Crippen molar-refractivity contribution in [2.75, 3.05) is 58.3 Å². The fourth-order valence-electron chi connectivity index (χ4n) is 2.58. The maximum atomic E-state index is 11.8. The van der Waals surface area contributed by atoms with Gasteiger partial charge in [0, 0.05) is 46.8 Å².